The first-order valence-corrected chi connectivity index (χ1v) is 17.7. The fraction of sp³-hybridized carbons (Fsp3) is 0.278. The van der Waals surface area contributed by atoms with Gasteiger partial charge in [0.1, 0.15) is 24.1 Å². The van der Waals surface area contributed by atoms with Crippen molar-refractivity contribution in [2.24, 2.45) is 0 Å². The highest BCUT2D eigenvalue weighted by molar-refractivity contribution is 7.92. The summed E-state index contributed by atoms with van der Waals surface area (Å²) in [5.41, 5.74) is 1.31. The van der Waals surface area contributed by atoms with Gasteiger partial charge >= 0.3 is 0 Å². The van der Waals surface area contributed by atoms with Crippen molar-refractivity contribution < 1.29 is 37.0 Å². The number of carbonyl (C=O) groups is 2. The highest BCUT2D eigenvalue weighted by atomic mass is 35.5. The van der Waals surface area contributed by atoms with E-state index in [1.807, 2.05) is 30.3 Å². The lowest BCUT2D eigenvalue weighted by Gasteiger charge is -2.34. The number of anilines is 1. The molecule has 4 rings (SSSR count). The molecular formula is C36H39Cl2N3O8S. The van der Waals surface area contributed by atoms with Gasteiger partial charge in [0.15, 0.2) is 11.5 Å². The van der Waals surface area contributed by atoms with Gasteiger partial charge in [-0.3, -0.25) is 13.9 Å². The average Bonchev–Trinajstić information content (AvgIpc) is 3.12. The fourth-order valence-corrected chi connectivity index (χ4v) is 7.19. The monoisotopic (exact) mass is 743 g/mol. The number of halogens is 2. The van der Waals surface area contributed by atoms with E-state index in [0.717, 1.165) is 9.87 Å². The van der Waals surface area contributed by atoms with E-state index in [4.69, 9.17) is 42.1 Å². The average molecular weight is 745 g/mol. The van der Waals surface area contributed by atoms with Crippen LogP contribution in [-0.2, 0) is 32.6 Å². The van der Waals surface area contributed by atoms with E-state index in [-0.39, 0.29) is 40.1 Å². The van der Waals surface area contributed by atoms with Crippen molar-refractivity contribution in [3.8, 4) is 23.0 Å². The molecule has 11 nitrogen and oxygen atoms in total. The highest BCUT2D eigenvalue weighted by Gasteiger charge is 2.36. The first-order valence-electron chi connectivity index (χ1n) is 15.5. The molecule has 0 aromatic heterocycles. The molecule has 0 heterocycles. The van der Waals surface area contributed by atoms with Crippen LogP contribution in [0.3, 0.4) is 0 Å². The number of ether oxygens (including phenoxy) is 4. The molecule has 1 N–H and O–H groups in total. The van der Waals surface area contributed by atoms with Crippen molar-refractivity contribution in [2.75, 3.05) is 45.8 Å². The Hall–Kier alpha value is -4.65. The summed E-state index contributed by atoms with van der Waals surface area (Å²) < 4.78 is 51.9. The number of nitrogens with one attached hydrogen (secondary N) is 1. The van der Waals surface area contributed by atoms with Gasteiger partial charge in [-0.1, -0.05) is 59.6 Å². The van der Waals surface area contributed by atoms with Gasteiger partial charge < -0.3 is 29.2 Å². The number of sulfonamides is 1. The lowest BCUT2D eigenvalue weighted by molar-refractivity contribution is -0.140. The number of nitrogens with zero attached hydrogens (tertiary/aromatic N) is 2. The summed E-state index contributed by atoms with van der Waals surface area (Å²) in [6.45, 7) is 1.19. The molecule has 0 radical (unpaired) electrons. The minimum Gasteiger partial charge on any atom is -0.497 e. The number of amides is 2. The third-order valence-electron chi connectivity index (χ3n) is 7.85. The second kappa shape index (κ2) is 17.3. The standard InChI is InChI=1S/C36H39Cl2N3O8S/c1-6-39-36(43)31(18-24-10-8-7-9-11-24)40(22-25-12-13-26(37)19-29(25)38)35(42)23-41(30-20-27(46-2)14-16-32(30)47-3)50(44,45)28-15-17-33(48-4)34(21-28)49-5/h7-17,19-21,31H,6,18,22-23H2,1-5H3,(H,39,43)/t31-/m1/s1. The second-order valence-corrected chi connectivity index (χ2v) is 13.6. The van der Waals surface area contributed by atoms with Crippen LogP contribution in [0.4, 0.5) is 5.69 Å². The minimum absolute atomic E-state index is 0.0251. The molecule has 4 aromatic rings. The van der Waals surface area contributed by atoms with E-state index < -0.39 is 34.4 Å². The first-order chi connectivity index (χ1) is 24.0. The topological polar surface area (TPSA) is 124 Å². The van der Waals surface area contributed by atoms with Gasteiger partial charge in [-0.05, 0) is 54.4 Å². The van der Waals surface area contributed by atoms with E-state index in [2.05, 4.69) is 5.32 Å². The number of hydrogen-bond acceptors (Lipinski definition) is 8. The van der Waals surface area contributed by atoms with Crippen LogP contribution in [0.25, 0.3) is 0 Å². The molecule has 0 fully saturated rings. The van der Waals surface area contributed by atoms with E-state index >= 15 is 0 Å². The molecule has 0 saturated heterocycles. The fourth-order valence-electron chi connectivity index (χ4n) is 5.29. The molecule has 0 saturated carbocycles. The largest absolute Gasteiger partial charge is 0.497 e. The molecule has 14 heteroatoms. The van der Waals surface area contributed by atoms with Gasteiger partial charge in [0, 0.05) is 41.7 Å². The Bertz CT molecular complexity index is 1910. The molecule has 0 aliphatic heterocycles. The van der Waals surface area contributed by atoms with Crippen LogP contribution in [0.1, 0.15) is 18.1 Å². The first kappa shape index (κ1) is 38.2. The van der Waals surface area contributed by atoms with Crippen LogP contribution in [-0.4, -0.2) is 72.7 Å². The van der Waals surface area contributed by atoms with Crippen LogP contribution in [0.15, 0.2) is 89.8 Å². The molecule has 2 amide bonds. The van der Waals surface area contributed by atoms with E-state index in [1.54, 1.807) is 25.1 Å². The molecule has 0 spiro atoms. The zero-order chi connectivity index (χ0) is 36.4. The van der Waals surface area contributed by atoms with Crippen LogP contribution in [0.5, 0.6) is 23.0 Å². The molecule has 4 aromatic carbocycles. The number of hydrogen-bond donors (Lipinski definition) is 1. The summed E-state index contributed by atoms with van der Waals surface area (Å²) in [7, 11) is 1.10. The number of rotatable bonds is 16. The number of benzene rings is 4. The Morgan fingerprint density at radius 2 is 1.48 bits per heavy atom. The Kier molecular flexibility index (Phi) is 13.2. The number of methoxy groups -OCH3 is 4. The van der Waals surface area contributed by atoms with Gasteiger partial charge in [0.2, 0.25) is 11.8 Å². The smallest absolute Gasteiger partial charge is 0.265 e. The highest BCUT2D eigenvalue weighted by Crippen LogP contribution is 2.38. The molecule has 0 aliphatic carbocycles. The Morgan fingerprint density at radius 1 is 0.800 bits per heavy atom. The van der Waals surface area contributed by atoms with Crippen LogP contribution in [0, 0.1) is 0 Å². The predicted molar refractivity (Wildman–Crippen MR) is 193 cm³/mol. The molecule has 266 valence electrons. The van der Waals surface area contributed by atoms with Crippen LogP contribution in [0.2, 0.25) is 10.0 Å². The number of carbonyl (C=O) groups excluding carboxylic acids is 2. The van der Waals surface area contributed by atoms with Crippen molar-refractivity contribution in [2.45, 2.75) is 30.8 Å². The third kappa shape index (κ3) is 8.92. The van der Waals surface area contributed by atoms with Gasteiger partial charge in [-0.2, -0.15) is 0 Å². The molecule has 0 aliphatic rings. The van der Waals surface area contributed by atoms with Crippen LogP contribution < -0.4 is 28.6 Å². The Labute approximate surface area is 302 Å². The van der Waals surface area contributed by atoms with Crippen molar-refractivity contribution in [3.63, 3.8) is 0 Å². The Balaban J connectivity index is 1.91. The van der Waals surface area contributed by atoms with Crippen molar-refractivity contribution >= 4 is 50.7 Å². The molecule has 0 bridgehead atoms. The number of likely N-dealkylation sites (N-methyl/N-ethyl adjacent to an activating group) is 1. The maximum atomic E-state index is 14.8. The predicted octanol–water partition coefficient (Wildman–Crippen LogP) is 6.00. The second-order valence-electron chi connectivity index (χ2n) is 10.9. The zero-order valence-corrected chi connectivity index (χ0v) is 30.6. The van der Waals surface area contributed by atoms with Gasteiger partial charge in [-0.25, -0.2) is 8.42 Å². The summed E-state index contributed by atoms with van der Waals surface area (Å²) in [5, 5.41) is 3.49. The maximum absolute atomic E-state index is 14.8. The molecule has 50 heavy (non-hydrogen) atoms. The van der Waals surface area contributed by atoms with Gasteiger partial charge in [-0.15, -0.1) is 0 Å². The summed E-state index contributed by atoms with van der Waals surface area (Å²) in [5.74, 6) is -0.185. The summed E-state index contributed by atoms with van der Waals surface area (Å²) in [6, 6.07) is 21.7. The summed E-state index contributed by atoms with van der Waals surface area (Å²) >= 11 is 12.8. The molecule has 1 atom stereocenters. The summed E-state index contributed by atoms with van der Waals surface area (Å²) in [4.78, 5) is 29.7. The maximum Gasteiger partial charge on any atom is 0.265 e. The summed E-state index contributed by atoms with van der Waals surface area (Å²) in [6.07, 6.45) is 0.133. The normalized spacial score (nSPS) is 11.7. The van der Waals surface area contributed by atoms with Gasteiger partial charge in [0.25, 0.3) is 10.0 Å². The van der Waals surface area contributed by atoms with Crippen molar-refractivity contribution in [1.29, 1.82) is 0 Å². The third-order valence-corrected chi connectivity index (χ3v) is 10.2. The molecular weight excluding hydrogens is 705 g/mol. The van der Waals surface area contributed by atoms with E-state index in [1.165, 1.54) is 69.7 Å². The van der Waals surface area contributed by atoms with Crippen LogP contribution >= 0.6 is 23.2 Å². The van der Waals surface area contributed by atoms with Crippen molar-refractivity contribution in [3.05, 3.63) is 106 Å². The minimum atomic E-state index is -4.53. The Morgan fingerprint density at radius 3 is 2.10 bits per heavy atom. The van der Waals surface area contributed by atoms with Gasteiger partial charge in [0.05, 0.1) is 39.0 Å². The SMILES string of the molecule is CCNC(=O)[C@@H](Cc1ccccc1)N(Cc1ccc(Cl)cc1Cl)C(=O)CN(c1cc(OC)ccc1OC)S(=O)(=O)c1ccc(OC)c(OC)c1. The molecule has 0 unspecified atom stereocenters. The lowest BCUT2D eigenvalue weighted by atomic mass is 10.0. The quantitative estimate of drug-likeness (QED) is 0.148. The lowest BCUT2D eigenvalue weighted by Crippen LogP contribution is -2.53. The zero-order valence-electron chi connectivity index (χ0n) is 28.3. The van der Waals surface area contributed by atoms with E-state index in [0.29, 0.717) is 28.6 Å². The van der Waals surface area contributed by atoms with Crippen molar-refractivity contribution in [1.82, 2.24) is 10.2 Å². The van der Waals surface area contributed by atoms with E-state index in [9.17, 15) is 18.0 Å².